The monoisotopic (exact) mass is 358 g/mol. The average molecular weight is 358 g/mol. The summed E-state index contributed by atoms with van der Waals surface area (Å²) in [6.07, 6.45) is 1.67. The van der Waals surface area contributed by atoms with Gasteiger partial charge in [0.2, 0.25) is 0 Å². The van der Waals surface area contributed by atoms with Crippen LogP contribution in [0.15, 0.2) is 73.8 Å². The number of benzene rings is 2. The van der Waals surface area contributed by atoms with Crippen molar-refractivity contribution in [3.63, 3.8) is 0 Å². The summed E-state index contributed by atoms with van der Waals surface area (Å²) in [6, 6.07) is 15.1. The lowest BCUT2D eigenvalue weighted by atomic mass is 10.0. The van der Waals surface area contributed by atoms with Crippen molar-refractivity contribution >= 4 is 11.9 Å². The van der Waals surface area contributed by atoms with Gasteiger partial charge in [0.25, 0.3) is 0 Å². The molecule has 0 radical (unpaired) electrons. The summed E-state index contributed by atoms with van der Waals surface area (Å²) >= 11 is 0. The standard InChI is InChI=1S/C14H14O2.2C3H4O2/c1-2-16-13-10-6-9-12(15)14(13)11-7-4-3-5-8-11;2*1-2-3(4)5/h3-10,15H,2H2,1H3;2*2H,1H2,(H,4,5). The molecular formula is C20H22O6. The minimum absolute atomic E-state index is 0.247. The number of carboxylic acid groups (broad SMARTS) is 2. The highest BCUT2D eigenvalue weighted by Crippen LogP contribution is 2.37. The van der Waals surface area contributed by atoms with Crippen molar-refractivity contribution in [2.45, 2.75) is 6.92 Å². The molecule has 0 bridgehead atoms. The normalized spacial score (nSPS) is 8.65. The maximum Gasteiger partial charge on any atom is 0.327 e. The summed E-state index contributed by atoms with van der Waals surface area (Å²) in [6.45, 7) is 8.44. The quantitative estimate of drug-likeness (QED) is 0.699. The molecule has 0 amide bonds. The van der Waals surface area contributed by atoms with Crippen LogP contribution in [0, 0.1) is 0 Å². The van der Waals surface area contributed by atoms with Crippen molar-refractivity contribution in [1.82, 2.24) is 0 Å². The van der Waals surface area contributed by atoms with E-state index in [0.717, 1.165) is 23.3 Å². The number of ether oxygens (including phenoxy) is 1. The molecule has 6 nitrogen and oxygen atoms in total. The number of carbonyl (C=O) groups is 2. The third kappa shape index (κ3) is 8.93. The molecule has 0 saturated heterocycles. The number of aromatic hydroxyl groups is 1. The number of phenols is 1. The average Bonchev–Trinajstić information content (AvgIpc) is 2.64. The zero-order valence-electron chi connectivity index (χ0n) is 14.5. The van der Waals surface area contributed by atoms with Crippen molar-refractivity contribution in [2.75, 3.05) is 6.61 Å². The largest absolute Gasteiger partial charge is 0.507 e. The van der Waals surface area contributed by atoms with Crippen LogP contribution in [-0.2, 0) is 9.59 Å². The van der Waals surface area contributed by atoms with Gasteiger partial charge in [0.15, 0.2) is 0 Å². The maximum absolute atomic E-state index is 9.89. The number of hydrogen-bond donors (Lipinski definition) is 3. The predicted molar refractivity (Wildman–Crippen MR) is 100 cm³/mol. The number of hydrogen-bond acceptors (Lipinski definition) is 4. The van der Waals surface area contributed by atoms with E-state index in [4.69, 9.17) is 14.9 Å². The van der Waals surface area contributed by atoms with Crippen LogP contribution in [0.3, 0.4) is 0 Å². The molecule has 6 heteroatoms. The number of carboxylic acids is 2. The first-order valence-corrected chi connectivity index (χ1v) is 7.58. The number of rotatable bonds is 5. The van der Waals surface area contributed by atoms with E-state index >= 15 is 0 Å². The highest BCUT2D eigenvalue weighted by Gasteiger charge is 2.10. The molecule has 138 valence electrons. The first-order valence-electron chi connectivity index (χ1n) is 7.58. The Morgan fingerprint density at radius 2 is 1.46 bits per heavy atom. The van der Waals surface area contributed by atoms with Gasteiger partial charge in [-0.3, -0.25) is 0 Å². The molecule has 0 atom stereocenters. The molecule has 3 N–H and O–H groups in total. The fourth-order valence-electron chi connectivity index (χ4n) is 1.69. The molecule has 2 aromatic rings. The third-order valence-electron chi connectivity index (χ3n) is 2.72. The Bertz CT molecular complexity index is 704. The zero-order chi connectivity index (χ0) is 19.9. The molecule has 0 aliphatic carbocycles. The summed E-state index contributed by atoms with van der Waals surface area (Å²) in [4.78, 5) is 18.5. The van der Waals surface area contributed by atoms with Crippen molar-refractivity contribution in [3.8, 4) is 22.6 Å². The third-order valence-corrected chi connectivity index (χ3v) is 2.72. The Hall–Kier alpha value is -3.54. The summed E-state index contributed by atoms with van der Waals surface area (Å²) in [5.41, 5.74) is 1.72. The molecular weight excluding hydrogens is 336 g/mol. The maximum atomic E-state index is 9.89. The topological polar surface area (TPSA) is 104 Å². The Morgan fingerprint density at radius 1 is 0.962 bits per heavy atom. The van der Waals surface area contributed by atoms with E-state index in [1.54, 1.807) is 12.1 Å². The van der Waals surface area contributed by atoms with Crippen LogP contribution in [0.2, 0.25) is 0 Å². The zero-order valence-corrected chi connectivity index (χ0v) is 14.5. The summed E-state index contributed by atoms with van der Waals surface area (Å²) < 4.78 is 5.51. The van der Waals surface area contributed by atoms with Crippen molar-refractivity contribution in [2.24, 2.45) is 0 Å². The minimum Gasteiger partial charge on any atom is -0.507 e. The van der Waals surface area contributed by atoms with Crippen LogP contribution in [0.25, 0.3) is 11.1 Å². The first-order chi connectivity index (χ1) is 12.4. The van der Waals surface area contributed by atoms with Crippen molar-refractivity contribution in [3.05, 3.63) is 73.8 Å². The summed E-state index contributed by atoms with van der Waals surface area (Å²) in [5, 5.41) is 25.1. The van der Waals surface area contributed by atoms with Gasteiger partial charge in [-0.25, -0.2) is 9.59 Å². The van der Waals surface area contributed by atoms with Gasteiger partial charge in [-0.2, -0.15) is 0 Å². The van der Waals surface area contributed by atoms with Crippen molar-refractivity contribution in [1.29, 1.82) is 0 Å². The van der Waals surface area contributed by atoms with E-state index in [1.165, 1.54) is 0 Å². The molecule has 0 spiro atoms. The molecule has 0 saturated carbocycles. The highest BCUT2D eigenvalue weighted by molar-refractivity contribution is 5.79. The molecule has 0 aromatic heterocycles. The number of aliphatic carboxylic acids is 2. The second-order valence-corrected chi connectivity index (χ2v) is 4.53. The van der Waals surface area contributed by atoms with Gasteiger partial charge < -0.3 is 20.1 Å². The van der Waals surface area contributed by atoms with Gasteiger partial charge in [0, 0.05) is 12.2 Å². The first kappa shape index (κ1) is 22.5. The van der Waals surface area contributed by atoms with Gasteiger partial charge in [-0.1, -0.05) is 49.6 Å². The van der Waals surface area contributed by atoms with Crippen LogP contribution < -0.4 is 4.74 Å². The van der Waals surface area contributed by atoms with Crippen LogP contribution in [0.5, 0.6) is 11.5 Å². The van der Waals surface area contributed by atoms with Gasteiger partial charge in [0.1, 0.15) is 11.5 Å². The second-order valence-electron chi connectivity index (χ2n) is 4.53. The molecule has 0 fully saturated rings. The van der Waals surface area contributed by atoms with Gasteiger partial charge in [0.05, 0.1) is 12.2 Å². The lowest BCUT2D eigenvalue weighted by molar-refractivity contribution is -0.132. The Kier molecular flexibility index (Phi) is 11.1. The Labute approximate surface area is 152 Å². The molecule has 26 heavy (non-hydrogen) atoms. The second kappa shape index (κ2) is 12.8. The van der Waals surface area contributed by atoms with Crippen LogP contribution in [0.4, 0.5) is 0 Å². The molecule has 2 aromatic carbocycles. The van der Waals surface area contributed by atoms with E-state index in [-0.39, 0.29) is 5.75 Å². The fourth-order valence-corrected chi connectivity index (χ4v) is 1.69. The van der Waals surface area contributed by atoms with Gasteiger partial charge >= 0.3 is 11.9 Å². The van der Waals surface area contributed by atoms with E-state index in [2.05, 4.69) is 13.2 Å². The Balaban J connectivity index is 0.000000520. The molecule has 0 heterocycles. The summed E-state index contributed by atoms with van der Waals surface area (Å²) in [5.74, 6) is -0.999. The van der Waals surface area contributed by atoms with E-state index in [1.807, 2.05) is 43.3 Å². The lowest BCUT2D eigenvalue weighted by Gasteiger charge is -2.11. The molecule has 0 aliphatic heterocycles. The van der Waals surface area contributed by atoms with Crippen molar-refractivity contribution < 1.29 is 29.6 Å². The number of phenolic OH excluding ortho intramolecular Hbond substituents is 1. The fraction of sp³-hybridized carbons (Fsp3) is 0.100. The SMILES string of the molecule is C=CC(=O)O.C=CC(=O)O.CCOc1cccc(O)c1-c1ccccc1. The van der Waals surface area contributed by atoms with E-state index in [0.29, 0.717) is 12.4 Å². The molecule has 2 rings (SSSR count). The lowest BCUT2D eigenvalue weighted by Crippen LogP contribution is -1.94. The highest BCUT2D eigenvalue weighted by atomic mass is 16.5. The van der Waals surface area contributed by atoms with E-state index in [9.17, 15) is 14.7 Å². The van der Waals surface area contributed by atoms with Gasteiger partial charge in [-0.05, 0) is 24.6 Å². The van der Waals surface area contributed by atoms with Crippen LogP contribution in [0.1, 0.15) is 6.92 Å². The van der Waals surface area contributed by atoms with E-state index < -0.39 is 11.9 Å². The smallest absolute Gasteiger partial charge is 0.327 e. The Morgan fingerprint density at radius 3 is 1.88 bits per heavy atom. The molecule has 0 unspecified atom stereocenters. The predicted octanol–water partition coefficient (Wildman–Crippen LogP) is 3.97. The van der Waals surface area contributed by atoms with Crippen LogP contribution >= 0.6 is 0 Å². The minimum atomic E-state index is -0.981. The molecule has 0 aliphatic rings. The van der Waals surface area contributed by atoms with Crippen LogP contribution in [-0.4, -0.2) is 33.9 Å². The van der Waals surface area contributed by atoms with Gasteiger partial charge in [-0.15, -0.1) is 0 Å². The summed E-state index contributed by atoms with van der Waals surface area (Å²) in [7, 11) is 0.